The third kappa shape index (κ3) is 4.23. The Kier molecular flexibility index (Phi) is 6.39. The second-order valence-corrected chi connectivity index (χ2v) is 9.17. The predicted molar refractivity (Wildman–Crippen MR) is 117 cm³/mol. The molecule has 2 atom stereocenters. The van der Waals surface area contributed by atoms with Gasteiger partial charge in [-0.1, -0.05) is 31.3 Å². The highest BCUT2D eigenvalue weighted by molar-refractivity contribution is 5.70. The van der Waals surface area contributed by atoms with Gasteiger partial charge in [0, 0.05) is 36.8 Å². The maximum atomic E-state index is 10.5. The van der Waals surface area contributed by atoms with E-state index in [1.165, 1.54) is 32.1 Å². The molecule has 0 radical (unpaired) electrons. The minimum Gasteiger partial charge on any atom is -0.396 e. The van der Waals surface area contributed by atoms with Crippen molar-refractivity contribution in [3.63, 3.8) is 0 Å². The molecule has 2 fully saturated rings. The highest BCUT2D eigenvalue weighted by Gasteiger charge is 2.43. The van der Waals surface area contributed by atoms with E-state index in [1.807, 2.05) is 20.0 Å². The van der Waals surface area contributed by atoms with Gasteiger partial charge in [-0.25, -0.2) is 4.98 Å². The van der Waals surface area contributed by atoms with Crippen molar-refractivity contribution < 1.29 is 9.63 Å². The van der Waals surface area contributed by atoms with Gasteiger partial charge in [0.2, 0.25) is 0 Å². The molecule has 2 aromatic heterocycles. The highest BCUT2D eigenvalue weighted by Crippen LogP contribution is 2.39. The van der Waals surface area contributed by atoms with Crippen LogP contribution in [0.15, 0.2) is 16.8 Å². The maximum absolute atomic E-state index is 10.5. The van der Waals surface area contributed by atoms with Crippen molar-refractivity contribution in [3.05, 3.63) is 23.7 Å². The molecule has 4 rings (SSSR count). The number of aliphatic hydroxyl groups excluding tert-OH is 1. The monoisotopic (exact) mass is 413 g/mol. The Hall–Kier alpha value is -1.99. The molecule has 1 saturated carbocycles. The number of nitrogens with one attached hydrogen (secondary N) is 1. The number of pyridine rings is 1. The first-order valence-electron chi connectivity index (χ1n) is 11.4. The second-order valence-electron chi connectivity index (χ2n) is 9.17. The molecule has 3 heterocycles. The zero-order valence-corrected chi connectivity index (χ0v) is 18.5. The van der Waals surface area contributed by atoms with Crippen LogP contribution in [0.1, 0.15) is 63.3 Å². The number of aliphatic hydroxyl groups is 1. The molecule has 1 saturated heterocycles. The Morgan fingerprint density at radius 3 is 2.70 bits per heavy atom. The van der Waals surface area contributed by atoms with E-state index >= 15 is 0 Å². The summed E-state index contributed by atoms with van der Waals surface area (Å²) in [5.74, 6) is 1.99. The van der Waals surface area contributed by atoms with Crippen LogP contribution in [0.2, 0.25) is 0 Å². The number of piperidine rings is 1. The maximum Gasteiger partial charge on any atom is 0.261 e. The molecular formula is C23H35N5O2. The Balaban J connectivity index is 1.60. The van der Waals surface area contributed by atoms with Crippen LogP contribution in [-0.4, -0.2) is 52.0 Å². The van der Waals surface area contributed by atoms with Crippen LogP contribution in [0.4, 0.5) is 5.82 Å². The summed E-state index contributed by atoms with van der Waals surface area (Å²) < 4.78 is 5.47. The summed E-state index contributed by atoms with van der Waals surface area (Å²) in [5.41, 5.74) is 1.74. The molecule has 2 unspecified atom stereocenters. The van der Waals surface area contributed by atoms with Crippen LogP contribution >= 0.6 is 0 Å². The topological polar surface area (TPSA) is 87.3 Å². The van der Waals surface area contributed by atoms with Crippen LogP contribution in [0.5, 0.6) is 0 Å². The molecule has 164 valence electrons. The summed E-state index contributed by atoms with van der Waals surface area (Å²) in [5, 5.41) is 18.4. The molecular weight excluding hydrogens is 378 g/mol. The summed E-state index contributed by atoms with van der Waals surface area (Å²) >= 11 is 0. The summed E-state index contributed by atoms with van der Waals surface area (Å²) in [6.07, 6.45) is 10.3. The SMILES string of the molecule is CCC1(CO)CN(c2ncc(C)cc2-c2nc(C)no2)CCC1NC1CCCCC1. The van der Waals surface area contributed by atoms with Gasteiger partial charge in [-0.05, 0) is 51.2 Å². The van der Waals surface area contributed by atoms with Crippen molar-refractivity contribution in [2.45, 2.75) is 77.8 Å². The fourth-order valence-electron chi connectivity index (χ4n) is 5.16. The van der Waals surface area contributed by atoms with E-state index in [1.54, 1.807) is 0 Å². The first-order valence-corrected chi connectivity index (χ1v) is 11.4. The van der Waals surface area contributed by atoms with Crippen molar-refractivity contribution in [3.8, 4) is 11.5 Å². The Bertz CT molecular complexity index is 842. The molecule has 1 aliphatic carbocycles. The lowest BCUT2D eigenvalue weighted by atomic mass is 9.73. The lowest BCUT2D eigenvalue weighted by Gasteiger charge is -2.49. The average Bonchev–Trinajstić information content (AvgIpc) is 3.21. The van der Waals surface area contributed by atoms with Crippen LogP contribution in [0.3, 0.4) is 0 Å². The molecule has 2 aliphatic rings. The van der Waals surface area contributed by atoms with Gasteiger partial charge in [0.05, 0.1) is 12.2 Å². The van der Waals surface area contributed by atoms with E-state index in [0.717, 1.165) is 42.9 Å². The largest absolute Gasteiger partial charge is 0.396 e. The van der Waals surface area contributed by atoms with Crippen LogP contribution in [0, 0.1) is 19.3 Å². The molecule has 7 nitrogen and oxygen atoms in total. The highest BCUT2D eigenvalue weighted by atomic mass is 16.5. The lowest BCUT2D eigenvalue weighted by molar-refractivity contribution is 0.0562. The van der Waals surface area contributed by atoms with Crippen LogP contribution in [-0.2, 0) is 0 Å². The van der Waals surface area contributed by atoms with E-state index in [2.05, 4.69) is 33.3 Å². The Labute approximate surface area is 179 Å². The van der Waals surface area contributed by atoms with Crippen molar-refractivity contribution in [1.29, 1.82) is 0 Å². The summed E-state index contributed by atoms with van der Waals surface area (Å²) in [4.78, 5) is 11.5. The first-order chi connectivity index (χ1) is 14.5. The lowest BCUT2D eigenvalue weighted by Crippen LogP contribution is -2.60. The van der Waals surface area contributed by atoms with Crippen molar-refractivity contribution >= 4 is 5.82 Å². The van der Waals surface area contributed by atoms with Gasteiger partial charge in [0.15, 0.2) is 5.82 Å². The number of nitrogens with zero attached hydrogens (tertiary/aromatic N) is 4. The van der Waals surface area contributed by atoms with E-state index in [0.29, 0.717) is 23.8 Å². The number of aryl methyl sites for hydroxylation is 2. The van der Waals surface area contributed by atoms with Gasteiger partial charge in [-0.3, -0.25) is 0 Å². The minimum absolute atomic E-state index is 0.172. The number of aromatic nitrogens is 3. The fourth-order valence-corrected chi connectivity index (χ4v) is 5.16. The normalized spacial score (nSPS) is 25.6. The van der Waals surface area contributed by atoms with Gasteiger partial charge < -0.3 is 19.8 Å². The Morgan fingerprint density at radius 2 is 2.03 bits per heavy atom. The van der Waals surface area contributed by atoms with Gasteiger partial charge in [-0.15, -0.1) is 0 Å². The molecule has 0 spiro atoms. The van der Waals surface area contributed by atoms with E-state index in [4.69, 9.17) is 9.51 Å². The zero-order chi connectivity index (χ0) is 21.1. The van der Waals surface area contributed by atoms with Crippen molar-refractivity contribution in [2.24, 2.45) is 5.41 Å². The minimum atomic E-state index is -0.190. The van der Waals surface area contributed by atoms with Gasteiger partial charge in [-0.2, -0.15) is 4.98 Å². The molecule has 0 bridgehead atoms. The van der Waals surface area contributed by atoms with E-state index in [9.17, 15) is 5.11 Å². The number of rotatable bonds is 6. The summed E-state index contributed by atoms with van der Waals surface area (Å²) in [7, 11) is 0. The van der Waals surface area contributed by atoms with Gasteiger partial charge in [0.1, 0.15) is 5.82 Å². The number of hydrogen-bond donors (Lipinski definition) is 2. The summed E-state index contributed by atoms with van der Waals surface area (Å²) in [6, 6.07) is 2.97. The molecule has 1 aliphatic heterocycles. The fraction of sp³-hybridized carbons (Fsp3) is 0.696. The molecule has 2 aromatic rings. The van der Waals surface area contributed by atoms with Gasteiger partial charge >= 0.3 is 0 Å². The third-order valence-corrected chi connectivity index (χ3v) is 7.05. The molecule has 2 N–H and O–H groups in total. The number of hydrogen-bond acceptors (Lipinski definition) is 7. The predicted octanol–water partition coefficient (Wildman–Crippen LogP) is 3.64. The van der Waals surface area contributed by atoms with E-state index in [-0.39, 0.29) is 12.0 Å². The van der Waals surface area contributed by atoms with Gasteiger partial charge in [0.25, 0.3) is 5.89 Å². The average molecular weight is 414 g/mol. The summed E-state index contributed by atoms with van der Waals surface area (Å²) in [6.45, 7) is 7.87. The van der Waals surface area contributed by atoms with Crippen molar-refractivity contribution in [2.75, 3.05) is 24.6 Å². The quantitative estimate of drug-likeness (QED) is 0.747. The third-order valence-electron chi connectivity index (χ3n) is 7.05. The second kappa shape index (κ2) is 9.02. The standard InChI is InChI=1S/C23H35N5O2/c1-4-23(15-29)14-28(11-10-20(23)26-18-8-6-5-7-9-18)21-19(12-16(2)13-24-21)22-25-17(3)27-30-22/h12-13,18,20,26,29H,4-11,14-15H2,1-3H3. The molecule has 30 heavy (non-hydrogen) atoms. The zero-order valence-electron chi connectivity index (χ0n) is 18.5. The van der Waals surface area contributed by atoms with Crippen LogP contribution < -0.4 is 10.2 Å². The first kappa shape index (κ1) is 21.2. The van der Waals surface area contributed by atoms with E-state index < -0.39 is 0 Å². The Morgan fingerprint density at radius 1 is 1.23 bits per heavy atom. The number of anilines is 1. The molecule has 0 amide bonds. The van der Waals surface area contributed by atoms with Crippen LogP contribution in [0.25, 0.3) is 11.5 Å². The molecule has 0 aromatic carbocycles. The molecule has 7 heteroatoms. The van der Waals surface area contributed by atoms with Crippen molar-refractivity contribution in [1.82, 2.24) is 20.4 Å². The smallest absolute Gasteiger partial charge is 0.261 e.